The molecule has 3 rings (SSSR count). The number of ether oxygens (including phenoxy) is 1. The summed E-state index contributed by atoms with van der Waals surface area (Å²) in [6.07, 6.45) is 2.93. The number of aryl methyl sites for hydroxylation is 1. The van der Waals surface area contributed by atoms with Gasteiger partial charge in [-0.25, -0.2) is 4.98 Å². The SMILES string of the molecule is CCCOc1ccc(-c2nc3cc(C)c(Br)cn3c2CO)cc1. The van der Waals surface area contributed by atoms with Crippen LogP contribution in [-0.4, -0.2) is 21.1 Å². The number of fused-ring (bicyclic) bond motifs is 1. The molecule has 120 valence electrons. The third-order valence-electron chi connectivity index (χ3n) is 3.75. The second kappa shape index (κ2) is 6.72. The summed E-state index contributed by atoms with van der Waals surface area (Å²) < 4.78 is 8.53. The number of imidazole rings is 1. The zero-order chi connectivity index (χ0) is 16.4. The topological polar surface area (TPSA) is 46.8 Å². The smallest absolute Gasteiger partial charge is 0.138 e. The highest BCUT2D eigenvalue weighted by atomic mass is 79.9. The molecule has 0 spiro atoms. The molecule has 23 heavy (non-hydrogen) atoms. The Kier molecular flexibility index (Phi) is 4.68. The minimum atomic E-state index is -0.0694. The monoisotopic (exact) mass is 374 g/mol. The summed E-state index contributed by atoms with van der Waals surface area (Å²) in [6, 6.07) is 9.85. The molecule has 1 aromatic carbocycles. The summed E-state index contributed by atoms with van der Waals surface area (Å²) in [5, 5.41) is 9.80. The van der Waals surface area contributed by atoms with Crippen molar-refractivity contribution in [1.29, 1.82) is 0 Å². The normalized spacial score (nSPS) is 11.1. The summed E-state index contributed by atoms with van der Waals surface area (Å²) in [7, 11) is 0. The van der Waals surface area contributed by atoms with Crippen LogP contribution in [0.5, 0.6) is 5.75 Å². The lowest BCUT2D eigenvalue weighted by Crippen LogP contribution is -1.96. The molecule has 0 fully saturated rings. The Balaban J connectivity index is 2.05. The van der Waals surface area contributed by atoms with Gasteiger partial charge >= 0.3 is 0 Å². The number of pyridine rings is 1. The van der Waals surface area contributed by atoms with Crippen molar-refractivity contribution in [3.05, 3.63) is 52.3 Å². The van der Waals surface area contributed by atoms with E-state index in [1.165, 1.54) is 0 Å². The van der Waals surface area contributed by atoms with Crippen molar-refractivity contribution in [3.8, 4) is 17.0 Å². The average molecular weight is 375 g/mol. The molecule has 1 N–H and O–H groups in total. The Labute approximate surface area is 143 Å². The van der Waals surface area contributed by atoms with Crippen LogP contribution in [-0.2, 0) is 6.61 Å². The van der Waals surface area contributed by atoms with Crippen molar-refractivity contribution in [3.63, 3.8) is 0 Å². The number of aliphatic hydroxyl groups is 1. The second-order valence-corrected chi connectivity index (χ2v) is 6.32. The van der Waals surface area contributed by atoms with Gasteiger partial charge in [-0.15, -0.1) is 0 Å². The maximum Gasteiger partial charge on any atom is 0.138 e. The van der Waals surface area contributed by atoms with Crippen molar-refractivity contribution >= 4 is 21.6 Å². The van der Waals surface area contributed by atoms with E-state index in [9.17, 15) is 5.11 Å². The molecular weight excluding hydrogens is 356 g/mol. The van der Waals surface area contributed by atoms with Gasteiger partial charge in [0.25, 0.3) is 0 Å². The third kappa shape index (κ3) is 3.12. The van der Waals surface area contributed by atoms with Crippen LogP contribution in [0.15, 0.2) is 41.0 Å². The number of rotatable bonds is 5. The van der Waals surface area contributed by atoms with Crippen LogP contribution in [0, 0.1) is 6.92 Å². The zero-order valence-electron chi connectivity index (χ0n) is 13.2. The lowest BCUT2D eigenvalue weighted by Gasteiger charge is -2.06. The predicted molar refractivity (Wildman–Crippen MR) is 94.8 cm³/mol. The van der Waals surface area contributed by atoms with Crippen LogP contribution in [0.4, 0.5) is 0 Å². The fraction of sp³-hybridized carbons (Fsp3) is 0.278. The highest BCUT2D eigenvalue weighted by molar-refractivity contribution is 9.10. The van der Waals surface area contributed by atoms with Gasteiger partial charge in [-0.05, 0) is 65.2 Å². The van der Waals surface area contributed by atoms with E-state index in [1.807, 2.05) is 47.9 Å². The summed E-state index contributed by atoms with van der Waals surface area (Å²) in [5.74, 6) is 0.850. The van der Waals surface area contributed by atoms with Gasteiger partial charge in [-0.2, -0.15) is 0 Å². The van der Waals surface area contributed by atoms with Gasteiger partial charge in [0.2, 0.25) is 0 Å². The number of benzene rings is 1. The third-order valence-corrected chi connectivity index (χ3v) is 4.58. The summed E-state index contributed by atoms with van der Waals surface area (Å²) in [5.41, 5.74) is 4.49. The molecule has 4 nitrogen and oxygen atoms in total. The molecule has 0 aliphatic carbocycles. The first kappa shape index (κ1) is 16.0. The van der Waals surface area contributed by atoms with Gasteiger partial charge in [0, 0.05) is 16.2 Å². The van der Waals surface area contributed by atoms with Crippen LogP contribution >= 0.6 is 15.9 Å². The fourth-order valence-corrected chi connectivity index (χ4v) is 2.84. The summed E-state index contributed by atoms with van der Waals surface area (Å²) >= 11 is 3.53. The van der Waals surface area contributed by atoms with Crippen LogP contribution in [0.2, 0.25) is 0 Å². The molecule has 0 aliphatic heterocycles. The molecule has 3 aromatic rings. The Hall–Kier alpha value is -1.85. The van der Waals surface area contributed by atoms with Crippen LogP contribution in [0.1, 0.15) is 24.6 Å². The molecule has 0 saturated heterocycles. The van der Waals surface area contributed by atoms with Crippen molar-refractivity contribution in [2.45, 2.75) is 26.9 Å². The number of aromatic nitrogens is 2. The van der Waals surface area contributed by atoms with Crippen molar-refractivity contribution in [2.24, 2.45) is 0 Å². The van der Waals surface area contributed by atoms with E-state index in [-0.39, 0.29) is 6.61 Å². The van der Waals surface area contributed by atoms with Gasteiger partial charge in [0.1, 0.15) is 11.4 Å². The van der Waals surface area contributed by atoms with Gasteiger partial charge in [0.15, 0.2) is 0 Å². The molecule has 0 atom stereocenters. The number of hydrogen-bond acceptors (Lipinski definition) is 3. The van der Waals surface area contributed by atoms with Crippen LogP contribution < -0.4 is 4.74 Å². The van der Waals surface area contributed by atoms with Gasteiger partial charge in [0.05, 0.1) is 24.6 Å². The zero-order valence-corrected chi connectivity index (χ0v) is 14.8. The predicted octanol–water partition coefficient (Wildman–Crippen LogP) is 4.35. The maximum absolute atomic E-state index is 9.80. The van der Waals surface area contributed by atoms with Crippen LogP contribution in [0.25, 0.3) is 16.9 Å². The van der Waals surface area contributed by atoms with Crippen LogP contribution in [0.3, 0.4) is 0 Å². The Morgan fingerprint density at radius 3 is 2.65 bits per heavy atom. The average Bonchev–Trinajstić information content (AvgIpc) is 2.91. The molecule has 0 unspecified atom stereocenters. The Morgan fingerprint density at radius 1 is 1.26 bits per heavy atom. The van der Waals surface area contributed by atoms with Gasteiger partial charge in [-0.3, -0.25) is 4.40 Å². The lowest BCUT2D eigenvalue weighted by molar-refractivity contribution is 0.276. The highest BCUT2D eigenvalue weighted by Crippen LogP contribution is 2.28. The van der Waals surface area contributed by atoms with Crippen molar-refractivity contribution in [2.75, 3.05) is 6.61 Å². The Bertz CT molecular complexity index is 825. The van der Waals surface area contributed by atoms with E-state index >= 15 is 0 Å². The summed E-state index contributed by atoms with van der Waals surface area (Å²) in [6.45, 7) is 4.75. The second-order valence-electron chi connectivity index (χ2n) is 5.47. The quantitative estimate of drug-likeness (QED) is 0.721. The van der Waals surface area contributed by atoms with Gasteiger partial charge < -0.3 is 9.84 Å². The van der Waals surface area contributed by atoms with E-state index in [4.69, 9.17) is 4.74 Å². The van der Waals surface area contributed by atoms with E-state index in [0.717, 1.165) is 44.8 Å². The van der Waals surface area contributed by atoms with E-state index in [1.54, 1.807) is 0 Å². The van der Waals surface area contributed by atoms with E-state index in [0.29, 0.717) is 6.61 Å². The van der Waals surface area contributed by atoms with Crippen molar-refractivity contribution in [1.82, 2.24) is 9.38 Å². The highest BCUT2D eigenvalue weighted by Gasteiger charge is 2.14. The first-order chi connectivity index (χ1) is 11.1. The Morgan fingerprint density at radius 2 is 2.00 bits per heavy atom. The van der Waals surface area contributed by atoms with E-state index < -0.39 is 0 Å². The molecule has 0 aliphatic rings. The standard InChI is InChI=1S/C18H19BrN2O2/c1-3-8-23-14-6-4-13(5-7-14)18-16(11-22)21-10-15(19)12(2)9-17(21)20-18/h4-7,9-10,22H,3,8,11H2,1-2H3. The molecule has 2 aromatic heterocycles. The number of nitrogens with zero attached hydrogens (tertiary/aromatic N) is 2. The first-order valence-corrected chi connectivity index (χ1v) is 8.44. The first-order valence-electron chi connectivity index (χ1n) is 7.65. The number of aliphatic hydroxyl groups excluding tert-OH is 1. The molecule has 0 bridgehead atoms. The molecular formula is C18H19BrN2O2. The van der Waals surface area contributed by atoms with Gasteiger partial charge in [-0.1, -0.05) is 6.92 Å². The number of hydrogen-bond donors (Lipinski definition) is 1. The summed E-state index contributed by atoms with van der Waals surface area (Å²) in [4.78, 5) is 4.69. The molecule has 5 heteroatoms. The molecule has 0 saturated carbocycles. The molecule has 0 amide bonds. The molecule has 2 heterocycles. The maximum atomic E-state index is 9.80. The fourth-order valence-electron chi connectivity index (χ4n) is 2.52. The minimum absolute atomic E-state index is 0.0694. The van der Waals surface area contributed by atoms with Crippen molar-refractivity contribution < 1.29 is 9.84 Å². The lowest BCUT2D eigenvalue weighted by atomic mass is 10.1. The largest absolute Gasteiger partial charge is 0.494 e. The number of halogens is 1. The molecule has 0 radical (unpaired) electrons. The van der Waals surface area contributed by atoms with E-state index in [2.05, 4.69) is 27.8 Å². The minimum Gasteiger partial charge on any atom is -0.494 e.